The van der Waals surface area contributed by atoms with Crippen LogP contribution >= 0.6 is 0 Å². The van der Waals surface area contributed by atoms with Crippen molar-refractivity contribution in [2.45, 2.75) is 56.0 Å². The van der Waals surface area contributed by atoms with Gasteiger partial charge in [-0.2, -0.15) is 0 Å². The second-order valence-electron chi connectivity index (χ2n) is 14.3. The number of fused-ring (bicyclic) bond motifs is 2. The number of benzene rings is 4. The Morgan fingerprint density at radius 3 is 2.25 bits per heavy atom. The van der Waals surface area contributed by atoms with Gasteiger partial charge in [0.2, 0.25) is 11.8 Å². The number of ether oxygens (including phenoxy) is 3. The number of amides is 4. The maximum Gasteiger partial charge on any atom is 0.255 e. The van der Waals surface area contributed by atoms with E-state index in [-0.39, 0.29) is 55.8 Å². The van der Waals surface area contributed by atoms with E-state index in [1.54, 1.807) is 66.5 Å². The summed E-state index contributed by atoms with van der Waals surface area (Å²) in [6, 6.07) is 28.3. The summed E-state index contributed by atoms with van der Waals surface area (Å²) in [5, 5.41) is 8.84. The van der Waals surface area contributed by atoms with Gasteiger partial charge in [-0.3, -0.25) is 19.2 Å². The largest absolute Gasteiger partial charge is 0.493 e. The zero-order chi connectivity index (χ0) is 39.3. The first-order valence-corrected chi connectivity index (χ1v) is 19.2. The second kappa shape index (κ2) is 19.2. The Hall–Kier alpha value is -5.75. The first kappa shape index (κ1) is 39.9. The summed E-state index contributed by atoms with van der Waals surface area (Å²) in [4.78, 5) is 56.9. The zero-order valence-electron chi connectivity index (χ0n) is 31.6. The molecule has 0 spiro atoms. The molecule has 4 aromatic rings. The lowest BCUT2D eigenvalue weighted by Gasteiger charge is -2.38. The maximum atomic E-state index is 14.4. The summed E-state index contributed by atoms with van der Waals surface area (Å²) in [6.07, 6.45) is 2.00. The maximum absolute atomic E-state index is 14.4. The van der Waals surface area contributed by atoms with Crippen LogP contribution in [0, 0.1) is 5.82 Å². The number of carbonyl (C=O) groups excluding carboxylic acids is 4. The molecule has 56 heavy (non-hydrogen) atoms. The van der Waals surface area contributed by atoms with Crippen LogP contribution in [0.15, 0.2) is 103 Å². The number of rotatable bonds is 6. The predicted octanol–water partition coefficient (Wildman–Crippen LogP) is 5.23. The average Bonchev–Trinajstić information content (AvgIpc) is 3.23. The molecule has 0 unspecified atom stereocenters. The minimum Gasteiger partial charge on any atom is -0.493 e. The fourth-order valence-corrected chi connectivity index (χ4v) is 7.17. The number of nitrogens with zero attached hydrogens (tertiary/aromatic N) is 1. The van der Waals surface area contributed by atoms with Crippen LogP contribution in [0.3, 0.4) is 0 Å². The van der Waals surface area contributed by atoms with Crippen LogP contribution in [0.2, 0.25) is 0 Å². The van der Waals surface area contributed by atoms with Gasteiger partial charge < -0.3 is 35.1 Å². The van der Waals surface area contributed by atoms with E-state index in [9.17, 15) is 23.6 Å². The summed E-state index contributed by atoms with van der Waals surface area (Å²) in [6.45, 7) is 1.71. The van der Waals surface area contributed by atoms with Gasteiger partial charge in [0.1, 0.15) is 30.0 Å². The van der Waals surface area contributed by atoms with Gasteiger partial charge >= 0.3 is 0 Å². The van der Waals surface area contributed by atoms with E-state index >= 15 is 0 Å². The molecule has 4 amide bonds. The molecule has 0 bridgehead atoms. The third kappa shape index (κ3) is 10.3. The monoisotopic (exact) mass is 764 g/mol. The normalized spacial score (nSPS) is 19.8. The van der Waals surface area contributed by atoms with Crippen LogP contribution in [0.1, 0.15) is 63.9 Å². The molecule has 4 aromatic carbocycles. The van der Waals surface area contributed by atoms with Crippen LogP contribution in [0.25, 0.3) is 0 Å². The zero-order valence-corrected chi connectivity index (χ0v) is 31.6. The first-order chi connectivity index (χ1) is 27.2. The molecule has 2 aliphatic heterocycles. The van der Waals surface area contributed by atoms with Crippen molar-refractivity contribution in [1.82, 2.24) is 20.9 Å². The Morgan fingerprint density at radius 2 is 1.52 bits per heavy atom. The number of hydrogen-bond donors (Lipinski definition) is 3. The van der Waals surface area contributed by atoms with E-state index in [0.29, 0.717) is 62.5 Å². The molecule has 0 radical (unpaired) electrons. The quantitative estimate of drug-likeness (QED) is 0.245. The van der Waals surface area contributed by atoms with Gasteiger partial charge in [0.05, 0.1) is 23.8 Å². The van der Waals surface area contributed by atoms with E-state index in [1.807, 2.05) is 36.4 Å². The molecule has 294 valence electrons. The van der Waals surface area contributed by atoms with Gasteiger partial charge in [0.25, 0.3) is 11.8 Å². The molecular formula is C44H49FN4O7. The van der Waals surface area contributed by atoms with Crippen LogP contribution in [-0.4, -0.2) is 87.2 Å². The average molecular weight is 765 g/mol. The van der Waals surface area contributed by atoms with Gasteiger partial charge in [0.15, 0.2) is 0 Å². The van der Waals surface area contributed by atoms with Crippen molar-refractivity contribution >= 4 is 23.6 Å². The van der Waals surface area contributed by atoms with Crippen LogP contribution in [0.4, 0.5) is 4.39 Å². The molecule has 3 N–H and O–H groups in total. The Labute approximate surface area is 326 Å². The highest BCUT2D eigenvalue weighted by molar-refractivity contribution is 6.00. The summed E-state index contributed by atoms with van der Waals surface area (Å²) in [5.74, 6) is -1.22. The van der Waals surface area contributed by atoms with Gasteiger partial charge in [-0.05, 0) is 79.6 Å². The predicted molar refractivity (Wildman–Crippen MR) is 209 cm³/mol. The topological polar surface area (TPSA) is 135 Å². The molecular weight excluding hydrogens is 716 g/mol. The molecule has 2 atom stereocenters. The van der Waals surface area contributed by atoms with Crippen LogP contribution in [0.5, 0.6) is 11.5 Å². The summed E-state index contributed by atoms with van der Waals surface area (Å²) >= 11 is 0. The molecule has 11 nitrogen and oxygen atoms in total. The molecule has 1 fully saturated rings. The minimum atomic E-state index is -1.09. The van der Waals surface area contributed by atoms with Crippen LogP contribution in [-0.2, 0) is 26.2 Å². The highest BCUT2D eigenvalue weighted by atomic mass is 19.1. The number of para-hydroxylation sites is 2. The molecule has 0 aromatic heterocycles. The van der Waals surface area contributed by atoms with Crippen molar-refractivity contribution in [3.05, 3.63) is 131 Å². The Balaban J connectivity index is 1.27. The number of nitrogens with one attached hydrogen (secondary N) is 3. The lowest BCUT2D eigenvalue weighted by molar-refractivity contribution is -0.133. The van der Waals surface area contributed by atoms with Crippen LogP contribution < -0.4 is 25.4 Å². The highest BCUT2D eigenvalue weighted by Crippen LogP contribution is 2.35. The molecule has 12 heteroatoms. The van der Waals surface area contributed by atoms with E-state index in [2.05, 4.69) is 16.0 Å². The first-order valence-electron chi connectivity index (χ1n) is 19.2. The molecule has 2 heterocycles. The van der Waals surface area contributed by atoms with Gasteiger partial charge in [-0.25, -0.2) is 4.39 Å². The third-order valence-electron chi connectivity index (χ3n) is 10.6. The molecule has 0 aliphatic carbocycles. The Kier molecular flexibility index (Phi) is 13.7. The summed E-state index contributed by atoms with van der Waals surface area (Å²) < 4.78 is 32.3. The van der Waals surface area contributed by atoms with Crippen molar-refractivity contribution in [1.29, 1.82) is 0 Å². The summed E-state index contributed by atoms with van der Waals surface area (Å²) in [7, 11) is 1.69. The fraction of sp³-hybridized carbons (Fsp3) is 0.364. The van der Waals surface area contributed by atoms with Gasteiger partial charge in [-0.1, -0.05) is 66.7 Å². The van der Waals surface area contributed by atoms with Gasteiger partial charge in [0, 0.05) is 45.2 Å². The van der Waals surface area contributed by atoms with E-state index in [0.717, 1.165) is 11.1 Å². The summed E-state index contributed by atoms with van der Waals surface area (Å²) in [5.41, 5.74) is 1.77. The highest BCUT2D eigenvalue weighted by Gasteiger charge is 2.36. The van der Waals surface area contributed by atoms with E-state index < -0.39 is 29.3 Å². The molecule has 6 rings (SSSR count). The lowest BCUT2D eigenvalue weighted by Crippen LogP contribution is -2.52. The van der Waals surface area contributed by atoms with Crippen molar-refractivity contribution in [2.24, 2.45) is 0 Å². The van der Waals surface area contributed by atoms with Crippen molar-refractivity contribution in [3.63, 3.8) is 0 Å². The lowest BCUT2D eigenvalue weighted by atomic mass is 9.74. The van der Waals surface area contributed by atoms with E-state index in [1.165, 1.54) is 12.1 Å². The van der Waals surface area contributed by atoms with E-state index in [4.69, 9.17) is 14.2 Å². The second-order valence-corrected chi connectivity index (χ2v) is 14.3. The number of halogens is 1. The van der Waals surface area contributed by atoms with Crippen molar-refractivity contribution in [2.75, 3.05) is 46.6 Å². The molecule has 0 saturated carbocycles. The Morgan fingerprint density at radius 1 is 0.839 bits per heavy atom. The SMILES string of the molecule is CN1C(=O)CC[C@@H](C(=O)NCC2(c3cccc(F)c3)CCOCC2)NC(=O)c2ccccc2OCCCNC(=O)c2ccccc2OC[C@@H]1Cc1ccccc1. The number of likely N-dealkylation sites (N-methyl/N-ethyl adjacent to an activating group) is 1. The Bertz CT molecular complexity index is 1970. The third-order valence-corrected chi connectivity index (χ3v) is 10.6. The number of hydrogen-bond acceptors (Lipinski definition) is 7. The molecule has 2 aliphatic rings. The minimum absolute atomic E-state index is 0.00175. The molecule has 1 saturated heterocycles. The fourth-order valence-electron chi connectivity index (χ4n) is 7.17. The van der Waals surface area contributed by atoms with Gasteiger partial charge in [-0.15, -0.1) is 0 Å². The standard InChI is InChI=1S/C44H49FN4O7/c1-49-34(27-31-11-3-2-4-12-31)29-56-39-18-8-5-15-35(39)41(51)46-23-10-24-55-38-17-7-6-16-36(38)42(52)48-37(19-20-40(49)50)43(53)47-30-44(21-25-54-26-22-44)32-13-9-14-33(45)28-32/h2-9,11-18,28,34,37H,10,19-27,29-30H2,1H3,(H,46,51)(H,47,53)(H,48,52)/t34-,37-/m0/s1. The van der Waals surface area contributed by atoms with Crippen molar-refractivity contribution in [3.8, 4) is 11.5 Å². The smallest absolute Gasteiger partial charge is 0.255 e. The number of carbonyl (C=O) groups is 4. The van der Waals surface area contributed by atoms with Crippen molar-refractivity contribution < 1.29 is 37.8 Å².